The molecule has 3 rings (SSSR count). The normalized spacial score (nSPS) is 25.2. The van der Waals surface area contributed by atoms with Gasteiger partial charge in [0.1, 0.15) is 0 Å². The van der Waals surface area contributed by atoms with E-state index in [0.717, 1.165) is 31.5 Å². The quantitative estimate of drug-likeness (QED) is 0.838. The molecule has 1 saturated heterocycles. The molecule has 0 amide bonds. The lowest BCUT2D eigenvalue weighted by Gasteiger charge is -2.46. The van der Waals surface area contributed by atoms with E-state index < -0.39 is 0 Å². The highest BCUT2D eigenvalue weighted by atomic mass is 16.7. The van der Waals surface area contributed by atoms with Gasteiger partial charge in [0, 0.05) is 19.4 Å². The Balaban J connectivity index is 1.71. The van der Waals surface area contributed by atoms with Gasteiger partial charge in [-0.15, -0.1) is 0 Å². The molecule has 5 nitrogen and oxygen atoms in total. The summed E-state index contributed by atoms with van der Waals surface area (Å²) in [7, 11) is 0. The maximum Gasteiger partial charge on any atom is 0.168 e. The lowest BCUT2D eigenvalue weighted by Crippen LogP contribution is -2.46. The summed E-state index contributed by atoms with van der Waals surface area (Å²) in [5.41, 5.74) is 8.35. The predicted molar refractivity (Wildman–Crippen MR) is 89.8 cm³/mol. The number of nitrogen functional groups attached to an aromatic ring is 1. The third-order valence-electron chi connectivity index (χ3n) is 5.35. The third-order valence-corrected chi connectivity index (χ3v) is 5.35. The Morgan fingerprint density at radius 2 is 2.04 bits per heavy atom. The maximum absolute atomic E-state index is 9.04. The number of benzene rings is 1. The van der Waals surface area contributed by atoms with Crippen LogP contribution in [-0.4, -0.2) is 25.5 Å². The van der Waals surface area contributed by atoms with Crippen LogP contribution in [0.15, 0.2) is 18.2 Å². The van der Waals surface area contributed by atoms with Crippen molar-refractivity contribution in [2.75, 3.05) is 30.8 Å². The van der Waals surface area contributed by atoms with E-state index in [9.17, 15) is 0 Å². The zero-order valence-corrected chi connectivity index (χ0v) is 13.9. The van der Waals surface area contributed by atoms with Crippen molar-refractivity contribution < 1.29 is 9.47 Å². The summed E-state index contributed by atoms with van der Waals surface area (Å²) >= 11 is 0. The van der Waals surface area contributed by atoms with E-state index in [4.69, 9.17) is 20.5 Å². The van der Waals surface area contributed by atoms with E-state index in [0.29, 0.717) is 30.4 Å². The van der Waals surface area contributed by atoms with Crippen LogP contribution in [0.3, 0.4) is 0 Å². The highest BCUT2D eigenvalue weighted by molar-refractivity contribution is 5.68. The van der Waals surface area contributed by atoms with E-state index >= 15 is 0 Å². The van der Waals surface area contributed by atoms with Crippen LogP contribution in [0.5, 0.6) is 0 Å². The van der Waals surface area contributed by atoms with Gasteiger partial charge in [0.05, 0.1) is 36.2 Å². The second-order valence-corrected chi connectivity index (χ2v) is 7.29. The summed E-state index contributed by atoms with van der Waals surface area (Å²) in [5, 5.41) is 12.5. The van der Waals surface area contributed by atoms with Crippen LogP contribution in [0.2, 0.25) is 0 Å². The Morgan fingerprint density at radius 3 is 2.74 bits per heavy atom. The number of nitriles is 1. The molecule has 1 aromatic rings. The Morgan fingerprint density at radius 1 is 1.30 bits per heavy atom. The molecule has 0 radical (unpaired) electrons. The Kier molecular flexibility index (Phi) is 4.22. The molecule has 1 spiro atoms. The minimum atomic E-state index is -0.387. The molecule has 1 aliphatic heterocycles. The highest BCUT2D eigenvalue weighted by Gasteiger charge is 2.47. The number of nitrogens with zero attached hydrogens (tertiary/aromatic N) is 1. The Hall–Kier alpha value is -1.77. The fourth-order valence-electron chi connectivity index (χ4n) is 3.59. The molecule has 1 heterocycles. The monoisotopic (exact) mass is 315 g/mol. The number of nitrogens with one attached hydrogen (secondary N) is 1. The first-order chi connectivity index (χ1) is 10.9. The first kappa shape index (κ1) is 16.1. The van der Waals surface area contributed by atoms with Gasteiger partial charge in [-0.05, 0) is 36.0 Å². The second kappa shape index (κ2) is 6.03. The lowest BCUT2D eigenvalue weighted by molar-refractivity contribution is -0.202. The second-order valence-electron chi connectivity index (χ2n) is 7.29. The van der Waals surface area contributed by atoms with Crippen LogP contribution in [0.1, 0.15) is 38.7 Å². The van der Waals surface area contributed by atoms with Gasteiger partial charge in [-0.25, -0.2) is 0 Å². The van der Waals surface area contributed by atoms with Gasteiger partial charge in [0.25, 0.3) is 0 Å². The van der Waals surface area contributed by atoms with E-state index in [1.54, 1.807) is 12.1 Å². The smallest absolute Gasteiger partial charge is 0.168 e. The van der Waals surface area contributed by atoms with Crippen molar-refractivity contribution in [2.45, 2.75) is 38.9 Å². The van der Waals surface area contributed by atoms with Gasteiger partial charge < -0.3 is 20.5 Å². The van der Waals surface area contributed by atoms with Crippen molar-refractivity contribution in [3.63, 3.8) is 0 Å². The summed E-state index contributed by atoms with van der Waals surface area (Å²) in [4.78, 5) is 0. The maximum atomic E-state index is 9.04. The molecule has 0 unspecified atom stereocenters. The molecule has 2 aliphatic rings. The van der Waals surface area contributed by atoms with Crippen LogP contribution in [-0.2, 0) is 9.47 Å². The van der Waals surface area contributed by atoms with E-state index in [1.165, 1.54) is 0 Å². The first-order valence-electron chi connectivity index (χ1n) is 8.26. The zero-order chi connectivity index (χ0) is 16.5. The van der Waals surface area contributed by atoms with Crippen molar-refractivity contribution in [2.24, 2.45) is 11.3 Å². The molecule has 0 bridgehead atoms. The van der Waals surface area contributed by atoms with Gasteiger partial charge in [-0.2, -0.15) is 5.26 Å². The number of hydrogen-bond donors (Lipinski definition) is 2. The van der Waals surface area contributed by atoms with E-state index in [-0.39, 0.29) is 11.2 Å². The standard InChI is InChI=1S/C18H25N3O2/c1-17(2)5-6-18(22-7-8-23-18)10-14(17)12-21-16-9-13(11-19)3-4-15(16)20/h3-4,9,14,21H,5-8,10,12,20H2,1-2H3/t14-/m0/s1. The summed E-state index contributed by atoms with van der Waals surface area (Å²) in [6.07, 6.45) is 2.93. The molecule has 2 fully saturated rings. The molecule has 124 valence electrons. The fraction of sp³-hybridized carbons (Fsp3) is 0.611. The Bertz CT molecular complexity index is 615. The molecule has 1 saturated carbocycles. The highest BCUT2D eigenvalue weighted by Crippen LogP contribution is 2.48. The number of hydrogen-bond acceptors (Lipinski definition) is 5. The summed E-state index contributed by atoms with van der Waals surface area (Å²) < 4.78 is 11.8. The van der Waals surface area contributed by atoms with Gasteiger partial charge >= 0.3 is 0 Å². The van der Waals surface area contributed by atoms with Gasteiger partial charge in [-0.3, -0.25) is 0 Å². The van der Waals surface area contributed by atoms with Crippen molar-refractivity contribution in [3.05, 3.63) is 23.8 Å². The fourth-order valence-corrected chi connectivity index (χ4v) is 3.59. The molecule has 0 aromatic heterocycles. The summed E-state index contributed by atoms with van der Waals surface area (Å²) in [6, 6.07) is 7.47. The minimum Gasteiger partial charge on any atom is -0.397 e. The van der Waals surface area contributed by atoms with Crippen LogP contribution in [0.25, 0.3) is 0 Å². The van der Waals surface area contributed by atoms with Crippen LogP contribution >= 0.6 is 0 Å². The van der Waals surface area contributed by atoms with E-state index in [1.807, 2.05) is 6.07 Å². The minimum absolute atomic E-state index is 0.217. The summed E-state index contributed by atoms with van der Waals surface area (Å²) in [5.74, 6) is 0.0292. The van der Waals surface area contributed by atoms with Crippen LogP contribution in [0, 0.1) is 22.7 Å². The number of nitrogens with two attached hydrogens (primary N) is 1. The average Bonchev–Trinajstić information content (AvgIpc) is 2.99. The van der Waals surface area contributed by atoms with Gasteiger partial charge in [0.15, 0.2) is 5.79 Å². The predicted octanol–water partition coefficient (Wildman–Crippen LogP) is 3.12. The van der Waals surface area contributed by atoms with E-state index in [2.05, 4.69) is 25.2 Å². The molecular weight excluding hydrogens is 290 g/mol. The molecule has 1 atom stereocenters. The van der Waals surface area contributed by atoms with Crippen molar-refractivity contribution in [3.8, 4) is 6.07 Å². The largest absolute Gasteiger partial charge is 0.397 e. The molecular formula is C18H25N3O2. The third kappa shape index (κ3) is 3.29. The number of rotatable bonds is 3. The topological polar surface area (TPSA) is 80.3 Å². The zero-order valence-electron chi connectivity index (χ0n) is 13.9. The van der Waals surface area contributed by atoms with Crippen molar-refractivity contribution in [1.29, 1.82) is 5.26 Å². The number of anilines is 2. The molecule has 3 N–H and O–H groups in total. The Labute approximate surface area is 137 Å². The molecule has 23 heavy (non-hydrogen) atoms. The van der Waals surface area contributed by atoms with Crippen LogP contribution in [0.4, 0.5) is 11.4 Å². The van der Waals surface area contributed by atoms with Crippen molar-refractivity contribution >= 4 is 11.4 Å². The van der Waals surface area contributed by atoms with Gasteiger partial charge in [-0.1, -0.05) is 13.8 Å². The summed E-state index contributed by atoms with van der Waals surface area (Å²) in [6.45, 7) is 6.78. The average molecular weight is 315 g/mol. The van der Waals surface area contributed by atoms with Gasteiger partial charge in [0.2, 0.25) is 0 Å². The number of ether oxygens (including phenoxy) is 2. The molecule has 1 aromatic carbocycles. The van der Waals surface area contributed by atoms with Crippen molar-refractivity contribution in [1.82, 2.24) is 0 Å². The lowest BCUT2D eigenvalue weighted by atomic mass is 9.66. The molecule has 1 aliphatic carbocycles. The molecule has 5 heteroatoms. The SMILES string of the molecule is CC1(C)CCC2(C[C@H]1CNc1cc(C#N)ccc1N)OCCO2. The first-order valence-corrected chi connectivity index (χ1v) is 8.26. The van der Waals surface area contributed by atoms with Crippen LogP contribution < -0.4 is 11.1 Å².